The van der Waals surface area contributed by atoms with Gasteiger partial charge in [0.25, 0.3) is 0 Å². The number of hydrogen-bond acceptors (Lipinski definition) is 4. The molecule has 0 aliphatic rings. The summed E-state index contributed by atoms with van der Waals surface area (Å²) in [6.45, 7) is 6.35. The monoisotopic (exact) mass is 280 g/mol. The van der Waals surface area contributed by atoms with Crippen LogP contribution in [-0.4, -0.2) is 12.3 Å². The molecular weight excluding hydrogens is 264 g/mol. The van der Waals surface area contributed by atoms with E-state index < -0.39 is 0 Å². The second-order valence-corrected chi connectivity index (χ2v) is 5.81. The maximum Gasteiger partial charge on any atom is 0.222 e. The number of aromatic nitrogens is 1. The van der Waals surface area contributed by atoms with Crippen molar-refractivity contribution in [3.05, 3.63) is 28.8 Å². The standard InChI is InChI=1S/C14H17ClN2O2/c1-14(2,3)8-5-9(11-7-12(16)19-17-11)13(18-4)10(15)6-8/h5-7H,16H2,1-4H3. The van der Waals surface area contributed by atoms with Crippen LogP contribution >= 0.6 is 11.6 Å². The summed E-state index contributed by atoms with van der Waals surface area (Å²) < 4.78 is 10.3. The van der Waals surface area contributed by atoms with Gasteiger partial charge in [-0.2, -0.15) is 0 Å². The lowest BCUT2D eigenvalue weighted by molar-refractivity contribution is 0.413. The van der Waals surface area contributed by atoms with E-state index in [1.54, 1.807) is 13.2 Å². The molecule has 0 atom stereocenters. The number of rotatable bonds is 2. The predicted octanol–water partition coefficient (Wildman–Crippen LogP) is 3.88. The number of nitrogen functional groups attached to an aromatic ring is 1. The molecule has 0 amide bonds. The molecule has 2 N–H and O–H groups in total. The second-order valence-electron chi connectivity index (χ2n) is 5.40. The van der Waals surface area contributed by atoms with Crippen molar-refractivity contribution in [2.24, 2.45) is 0 Å². The average Bonchev–Trinajstić information content (AvgIpc) is 2.73. The number of nitrogens with two attached hydrogens (primary N) is 1. The zero-order chi connectivity index (χ0) is 14.2. The first kappa shape index (κ1) is 13.7. The Morgan fingerprint density at radius 2 is 1.95 bits per heavy atom. The molecule has 4 nitrogen and oxygen atoms in total. The van der Waals surface area contributed by atoms with Crippen LogP contribution in [0.25, 0.3) is 11.3 Å². The van der Waals surface area contributed by atoms with E-state index in [1.807, 2.05) is 12.1 Å². The molecule has 0 spiro atoms. The molecule has 0 aliphatic carbocycles. The molecular formula is C14H17ClN2O2. The quantitative estimate of drug-likeness (QED) is 0.907. The van der Waals surface area contributed by atoms with Gasteiger partial charge in [-0.15, -0.1) is 0 Å². The molecule has 1 aromatic carbocycles. The van der Waals surface area contributed by atoms with Crippen LogP contribution in [0.2, 0.25) is 5.02 Å². The minimum absolute atomic E-state index is 0.0278. The zero-order valence-corrected chi connectivity index (χ0v) is 12.2. The largest absolute Gasteiger partial charge is 0.494 e. The SMILES string of the molecule is COc1c(Cl)cc(C(C)(C)C)cc1-c1cc(N)on1. The number of nitrogens with zero attached hydrogens (tertiary/aromatic N) is 1. The van der Waals surface area contributed by atoms with Gasteiger partial charge < -0.3 is 15.0 Å². The van der Waals surface area contributed by atoms with Crippen LogP contribution in [0.5, 0.6) is 5.75 Å². The third-order valence-corrected chi connectivity index (χ3v) is 3.20. The van der Waals surface area contributed by atoms with E-state index in [9.17, 15) is 0 Å². The molecule has 0 unspecified atom stereocenters. The fourth-order valence-corrected chi connectivity index (χ4v) is 2.14. The van der Waals surface area contributed by atoms with Crippen LogP contribution in [0, 0.1) is 0 Å². The smallest absolute Gasteiger partial charge is 0.222 e. The molecule has 2 aromatic rings. The summed E-state index contributed by atoms with van der Waals surface area (Å²) in [5.41, 5.74) is 8.02. The topological polar surface area (TPSA) is 61.3 Å². The first-order chi connectivity index (χ1) is 8.82. The molecule has 1 heterocycles. The van der Waals surface area contributed by atoms with Crippen molar-refractivity contribution in [1.29, 1.82) is 0 Å². The minimum atomic E-state index is -0.0278. The lowest BCUT2D eigenvalue weighted by Crippen LogP contribution is -2.11. The van der Waals surface area contributed by atoms with Gasteiger partial charge in [0.2, 0.25) is 5.88 Å². The van der Waals surface area contributed by atoms with E-state index >= 15 is 0 Å². The minimum Gasteiger partial charge on any atom is -0.494 e. The van der Waals surface area contributed by atoms with Crippen LogP contribution in [-0.2, 0) is 5.41 Å². The van der Waals surface area contributed by atoms with Crippen LogP contribution < -0.4 is 10.5 Å². The number of halogens is 1. The Balaban J connectivity index is 2.66. The maximum atomic E-state index is 6.28. The zero-order valence-electron chi connectivity index (χ0n) is 11.5. The van der Waals surface area contributed by atoms with Gasteiger partial charge in [0.15, 0.2) is 0 Å². The Bertz CT molecular complexity index is 600. The fraction of sp³-hybridized carbons (Fsp3) is 0.357. The van der Waals surface area contributed by atoms with Gasteiger partial charge in [0.05, 0.1) is 12.1 Å². The average molecular weight is 281 g/mol. The van der Waals surface area contributed by atoms with Crippen molar-refractivity contribution in [2.45, 2.75) is 26.2 Å². The van der Waals surface area contributed by atoms with Crippen LogP contribution in [0.4, 0.5) is 5.88 Å². The summed E-state index contributed by atoms with van der Waals surface area (Å²) in [5.74, 6) is 0.831. The summed E-state index contributed by atoms with van der Waals surface area (Å²) in [4.78, 5) is 0. The molecule has 0 radical (unpaired) electrons. The molecule has 2 rings (SSSR count). The summed E-state index contributed by atoms with van der Waals surface area (Å²) in [5, 5.41) is 4.47. The number of benzene rings is 1. The van der Waals surface area contributed by atoms with Gasteiger partial charge >= 0.3 is 0 Å². The lowest BCUT2D eigenvalue weighted by Gasteiger charge is -2.21. The van der Waals surface area contributed by atoms with Crippen LogP contribution in [0.3, 0.4) is 0 Å². The summed E-state index contributed by atoms with van der Waals surface area (Å²) in [7, 11) is 1.57. The van der Waals surface area contributed by atoms with E-state index in [0.29, 0.717) is 16.5 Å². The Morgan fingerprint density at radius 1 is 1.26 bits per heavy atom. The molecule has 0 saturated heterocycles. The van der Waals surface area contributed by atoms with Gasteiger partial charge in [0, 0.05) is 11.6 Å². The van der Waals surface area contributed by atoms with Crippen molar-refractivity contribution in [1.82, 2.24) is 5.16 Å². The maximum absolute atomic E-state index is 6.28. The first-order valence-corrected chi connectivity index (χ1v) is 6.31. The van der Waals surface area contributed by atoms with Gasteiger partial charge in [0.1, 0.15) is 11.4 Å². The lowest BCUT2D eigenvalue weighted by atomic mass is 9.85. The molecule has 0 aliphatic heterocycles. The highest BCUT2D eigenvalue weighted by Crippen LogP contribution is 2.40. The Labute approximate surface area is 117 Å². The van der Waals surface area contributed by atoms with Gasteiger partial charge in [-0.25, -0.2) is 0 Å². The fourth-order valence-electron chi connectivity index (χ4n) is 1.84. The van der Waals surface area contributed by atoms with Crippen molar-refractivity contribution in [3.63, 3.8) is 0 Å². The summed E-state index contributed by atoms with van der Waals surface area (Å²) in [6.07, 6.45) is 0. The number of methoxy groups -OCH3 is 1. The highest BCUT2D eigenvalue weighted by molar-refractivity contribution is 6.32. The molecule has 102 valence electrons. The van der Waals surface area contributed by atoms with Crippen molar-refractivity contribution < 1.29 is 9.26 Å². The molecule has 19 heavy (non-hydrogen) atoms. The van der Waals surface area contributed by atoms with E-state index in [2.05, 4.69) is 25.9 Å². The Morgan fingerprint density at radius 3 is 2.42 bits per heavy atom. The van der Waals surface area contributed by atoms with Gasteiger partial charge in [-0.05, 0) is 23.1 Å². The van der Waals surface area contributed by atoms with Gasteiger partial charge in [-0.3, -0.25) is 0 Å². The molecule has 0 bridgehead atoms. The molecule has 1 aromatic heterocycles. The van der Waals surface area contributed by atoms with Gasteiger partial charge in [-0.1, -0.05) is 37.5 Å². The van der Waals surface area contributed by atoms with E-state index in [0.717, 1.165) is 11.1 Å². The summed E-state index contributed by atoms with van der Waals surface area (Å²) >= 11 is 6.28. The number of ether oxygens (including phenoxy) is 1. The Hall–Kier alpha value is -1.68. The highest BCUT2D eigenvalue weighted by atomic mass is 35.5. The van der Waals surface area contributed by atoms with Crippen LogP contribution in [0.1, 0.15) is 26.3 Å². The normalized spacial score (nSPS) is 11.6. The van der Waals surface area contributed by atoms with E-state index in [-0.39, 0.29) is 11.3 Å². The second kappa shape index (κ2) is 4.78. The molecule has 0 saturated carbocycles. The number of anilines is 1. The highest BCUT2D eigenvalue weighted by Gasteiger charge is 2.21. The third kappa shape index (κ3) is 2.68. The van der Waals surface area contributed by atoms with E-state index in [1.165, 1.54) is 0 Å². The molecule has 0 fully saturated rings. The Kier molecular flexibility index (Phi) is 3.45. The van der Waals surface area contributed by atoms with Crippen molar-refractivity contribution in [2.75, 3.05) is 12.8 Å². The number of hydrogen-bond donors (Lipinski definition) is 1. The van der Waals surface area contributed by atoms with E-state index in [4.69, 9.17) is 26.6 Å². The first-order valence-electron chi connectivity index (χ1n) is 5.93. The van der Waals surface area contributed by atoms with Crippen LogP contribution in [0.15, 0.2) is 22.7 Å². The third-order valence-electron chi connectivity index (χ3n) is 2.92. The molecule has 5 heteroatoms. The van der Waals surface area contributed by atoms with Crippen molar-refractivity contribution >= 4 is 17.5 Å². The summed E-state index contributed by atoms with van der Waals surface area (Å²) in [6, 6.07) is 5.57. The predicted molar refractivity (Wildman–Crippen MR) is 76.6 cm³/mol. The van der Waals surface area contributed by atoms with Crippen molar-refractivity contribution in [3.8, 4) is 17.0 Å².